The number of carbonyl (C=O) groups is 1. The van der Waals surface area contributed by atoms with Gasteiger partial charge in [-0.2, -0.15) is 0 Å². The van der Waals surface area contributed by atoms with E-state index in [1.165, 1.54) is 4.90 Å². The van der Waals surface area contributed by atoms with E-state index in [-0.39, 0.29) is 13.2 Å². The molecule has 1 aromatic heterocycles. The number of hydrogen-bond acceptors (Lipinski definition) is 6. The second kappa shape index (κ2) is 7.11. The topological polar surface area (TPSA) is 90.4 Å². The predicted molar refractivity (Wildman–Crippen MR) is 112 cm³/mol. The first kappa shape index (κ1) is 20.9. The van der Waals surface area contributed by atoms with E-state index < -0.39 is 30.1 Å². The van der Waals surface area contributed by atoms with Crippen LogP contribution in [0.1, 0.15) is 34.6 Å². The fourth-order valence-electron chi connectivity index (χ4n) is 3.72. The van der Waals surface area contributed by atoms with E-state index in [9.17, 15) is 9.90 Å². The van der Waals surface area contributed by atoms with Gasteiger partial charge in [0.25, 0.3) is 0 Å². The molecule has 9 heteroatoms. The summed E-state index contributed by atoms with van der Waals surface area (Å²) in [7, 11) is -0.588. The van der Waals surface area contributed by atoms with Gasteiger partial charge in [0.15, 0.2) is 0 Å². The molecule has 4 rings (SSSR count). The Bertz CT molecular complexity index is 965. The van der Waals surface area contributed by atoms with E-state index in [2.05, 4.69) is 4.98 Å². The third-order valence-corrected chi connectivity index (χ3v) is 6.19. The van der Waals surface area contributed by atoms with Crippen LogP contribution in [0.4, 0.5) is 4.79 Å². The van der Waals surface area contributed by atoms with E-state index in [1.807, 2.05) is 52.0 Å². The molecule has 2 saturated heterocycles. The Morgan fingerprint density at radius 1 is 1.20 bits per heavy atom. The van der Waals surface area contributed by atoms with Gasteiger partial charge in [-0.25, -0.2) is 4.79 Å². The molecular formula is C21H27BN2O6. The minimum absolute atomic E-state index is 0.127. The third-order valence-electron chi connectivity index (χ3n) is 6.19. The number of amides is 1. The minimum atomic E-state index is -1.17. The molecule has 2 aliphatic rings. The zero-order valence-corrected chi connectivity index (χ0v) is 18.0. The van der Waals surface area contributed by atoms with Crippen LogP contribution in [0.25, 0.3) is 10.9 Å². The quantitative estimate of drug-likeness (QED) is 0.773. The number of ether oxygens (including phenoxy) is 2. The molecular weight excluding hydrogens is 387 g/mol. The van der Waals surface area contributed by atoms with Crippen LogP contribution in [-0.2, 0) is 14.0 Å². The summed E-state index contributed by atoms with van der Waals surface area (Å²) in [5.74, 6) is 0.504. The molecule has 1 amide bonds. The van der Waals surface area contributed by atoms with Crippen LogP contribution in [0, 0.1) is 0 Å². The van der Waals surface area contributed by atoms with E-state index in [4.69, 9.17) is 18.8 Å². The third kappa shape index (κ3) is 3.51. The van der Waals surface area contributed by atoms with Gasteiger partial charge >= 0.3 is 13.2 Å². The van der Waals surface area contributed by atoms with Gasteiger partial charge in [0.2, 0.25) is 5.72 Å². The number of morpholine rings is 1. The summed E-state index contributed by atoms with van der Waals surface area (Å²) >= 11 is 0. The van der Waals surface area contributed by atoms with Gasteiger partial charge in [-0.05, 0) is 64.3 Å². The number of fused-ring (bicyclic) bond motifs is 1. The lowest BCUT2D eigenvalue weighted by atomic mass is 9.78. The van der Waals surface area contributed by atoms with Crippen molar-refractivity contribution in [2.24, 2.45) is 0 Å². The van der Waals surface area contributed by atoms with Gasteiger partial charge in [0, 0.05) is 11.6 Å². The van der Waals surface area contributed by atoms with Gasteiger partial charge in [0.1, 0.15) is 12.4 Å². The Morgan fingerprint density at radius 2 is 1.90 bits per heavy atom. The second-order valence-corrected chi connectivity index (χ2v) is 8.94. The average molecular weight is 414 g/mol. The molecule has 1 unspecified atom stereocenters. The molecule has 1 atom stereocenters. The standard InChI is InChI=1S/C21H27BN2O6/c1-19(2)20(3,4)30-22(29-19)14-11-16-15(7-6-8-23-16)17(12-14)28-21(5)13-27-10-9-24(21)18(25)26/h6-8,11-12H,9-10,13H2,1-5H3,(H,25,26). The molecule has 2 fully saturated rings. The molecule has 30 heavy (non-hydrogen) atoms. The monoisotopic (exact) mass is 414 g/mol. The molecule has 8 nitrogen and oxygen atoms in total. The van der Waals surface area contributed by atoms with Crippen molar-refractivity contribution >= 4 is 29.6 Å². The lowest BCUT2D eigenvalue weighted by Gasteiger charge is -2.42. The lowest BCUT2D eigenvalue weighted by molar-refractivity contribution is -0.144. The zero-order chi connectivity index (χ0) is 21.7. The van der Waals surface area contributed by atoms with Crippen molar-refractivity contribution in [1.29, 1.82) is 0 Å². The second-order valence-electron chi connectivity index (χ2n) is 8.94. The van der Waals surface area contributed by atoms with Crippen molar-refractivity contribution in [3.63, 3.8) is 0 Å². The summed E-state index contributed by atoms with van der Waals surface area (Å²) in [5, 5.41) is 10.4. The molecule has 1 N–H and O–H groups in total. The predicted octanol–water partition coefficient (Wildman–Crippen LogP) is 2.64. The van der Waals surface area contributed by atoms with Crippen molar-refractivity contribution in [2.45, 2.75) is 51.5 Å². The van der Waals surface area contributed by atoms with Crippen LogP contribution in [0.15, 0.2) is 30.5 Å². The van der Waals surface area contributed by atoms with Crippen molar-refractivity contribution in [2.75, 3.05) is 19.8 Å². The average Bonchev–Trinajstić information content (AvgIpc) is 2.89. The number of benzene rings is 1. The first-order chi connectivity index (χ1) is 14.0. The smallest absolute Gasteiger partial charge is 0.465 e. The summed E-state index contributed by atoms with van der Waals surface area (Å²) < 4.78 is 24.2. The zero-order valence-electron chi connectivity index (χ0n) is 18.0. The molecule has 0 bridgehead atoms. The molecule has 0 radical (unpaired) electrons. The molecule has 1 aromatic carbocycles. The molecule has 0 aliphatic carbocycles. The molecule has 3 heterocycles. The van der Waals surface area contributed by atoms with Crippen molar-refractivity contribution in [3.05, 3.63) is 30.5 Å². The maximum Gasteiger partial charge on any atom is 0.495 e. The van der Waals surface area contributed by atoms with Gasteiger partial charge in [0.05, 0.1) is 29.9 Å². The lowest BCUT2D eigenvalue weighted by Crippen LogP contribution is -2.60. The van der Waals surface area contributed by atoms with Gasteiger partial charge in [-0.15, -0.1) is 0 Å². The van der Waals surface area contributed by atoms with E-state index in [0.717, 1.165) is 10.8 Å². The number of nitrogens with zero attached hydrogens (tertiary/aromatic N) is 2. The van der Waals surface area contributed by atoms with Crippen LogP contribution in [0.2, 0.25) is 0 Å². The highest BCUT2D eigenvalue weighted by Gasteiger charge is 2.52. The fraction of sp³-hybridized carbons (Fsp3) is 0.524. The number of hydrogen-bond donors (Lipinski definition) is 1. The molecule has 2 aromatic rings. The Balaban J connectivity index is 1.76. The first-order valence-electron chi connectivity index (χ1n) is 10.0. The highest BCUT2D eigenvalue weighted by Crippen LogP contribution is 2.37. The van der Waals surface area contributed by atoms with E-state index in [1.54, 1.807) is 13.1 Å². The van der Waals surface area contributed by atoms with Gasteiger partial charge in [-0.1, -0.05) is 0 Å². The van der Waals surface area contributed by atoms with Crippen LogP contribution in [0.5, 0.6) is 5.75 Å². The molecule has 0 saturated carbocycles. The van der Waals surface area contributed by atoms with Crippen molar-refractivity contribution in [1.82, 2.24) is 9.88 Å². The largest absolute Gasteiger partial charge is 0.495 e. The van der Waals surface area contributed by atoms with Gasteiger partial charge in [-0.3, -0.25) is 9.88 Å². The summed E-state index contributed by atoms with van der Waals surface area (Å²) in [4.78, 5) is 17.5. The first-order valence-corrected chi connectivity index (χ1v) is 10.0. The van der Waals surface area contributed by atoms with Crippen molar-refractivity contribution < 1.29 is 28.7 Å². The SMILES string of the molecule is CC1(Oc2cc(B3OC(C)(C)C(C)(C)O3)cc3ncccc23)COCCN1C(=O)O. The summed E-state index contributed by atoms with van der Waals surface area (Å²) in [5.41, 5.74) is -0.664. The van der Waals surface area contributed by atoms with Crippen LogP contribution in [0.3, 0.4) is 0 Å². The molecule has 0 spiro atoms. The minimum Gasteiger partial charge on any atom is -0.465 e. The van der Waals surface area contributed by atoms with Crippen LogP contribution < -0.4 is 10.2 Å². The Labute approximate surface area is 176 Å². The van der Waals surface area contributed by atoms with Crippen molar-refractivity contribution in [3.8, 4) is 5.75 Å². The molecule has 160 valence electrons. The number of rotatable bonds is 3. The Hall–Kier alpha value is -2.36. The summed E-state index contributed by atoms with van der Waals surface area (Å²) in [6.07, 6.45) is 0.653. The number of pyridine rings is 1. The van der Waals surface area contributed by atoms with E-state index >= 15 is 0 Å². The summed E-state index contributed by atoms with van der Waals surface area (Å²) in [6, 6.07) is 7.47. The maximum atomic E-state index is 11.8. The Kier molecular flexibility index (Phi) is 4.95. The van der Waals surface area contributed by atoms with Crippen LogP contribution >= 0.6 is 0 Å². The highest BCUT2D eigenvalue weighted by molar-refractivity contribution is 6.62. The van der Waals surface area contributed by atoms with E-state index in [0.29, 0.717) is 17.9 Å². The fourth-order valence-corrected chi connectivity index (χ4v) is 3.72. The Morgan fingerprint density at radius 3 is 2.57 bits per heavy atom. The summed E-state index contributed by atoms with van der Waals surface area (Å²) in [6.45, 7) is 10.4. The molecule has 2 aliphatic heterocycles. The maximum absolute atomic E-state index is 11.8. The van der Waals surface area contributed by atoms with Crippen LogP contribution in [-0.4, -0.2) is 64.9 Å². The number of carboxylic acid groups (broad SMARTS) is 1. The number of aromatic nitrogens is 1. The van der Waals surface area contributed by atoms with Gasteiger partial charge < -0.3 is 23.9 Å². The normalized spacial score (nSPS) is 25.5. The highest BCUT2D eigenvalue weighted by atomic mass is 16.7.